The van der Waals surface area contributed by atoms with Crippen LogP contribution >= 0.6 is 0 Å². The number of hydrogen-bond donors (Lipinski definition) is 2. The quantitative estimate of drug-likeness (QED) is 0.656. The summed E-state index contributed by atoms with van der Waals surface area (Å²) in [6.45, 7) is 3.50. The number of amides is 1. The van der Waals surface area contributed by atoms with Crippen LogP contribution in [-0.4, -0.2) is 45.7 Å². The van der Waals surface area contributed by atoms with Crippen LogP contribution in [0.15, 0.2) is 0 Å². The van der Waals surface area contributed by atoms with Crippen molar-refractivity contribution in [2.75, 3.05) is 13.2 Å². The van der Waals surface area contributed by atoms with Gasteiger partial charge in [-0.15, -0.1) is 0 Å². The lowest BCUT2D eigenvalue weighted by Crippen LogP contribution is -2.47. The van der Waals surface area contributed by atoms with Crippen LogP contribution in [0, 0.1) is 5.92 Å². The molecule has 0 aromatic heterocycles. The Hall–Kier alpha value is -1.10. The molecule has 14 heavy (non-hydrogen) atoms. The molecule has 1 aliphatic rings. The van der Waals surface area contributed by atoms with Crippen LogP contribution in [0.1, 0.15) is 20.3 Å². The second-order valence-corrected chi connectivity index (χ2v) is 4.02. The molecule has 1 heterocycles. The molecule has 1 fully saturated rings. The van der Waals surface area contributed by atoms with Gasteiger partial charge in [-0.3, -0.25) is 9.59 Å². The zero-order valence-electron chi connectivity index (χ0n) is 8.36. The number of rotatable bonds is 3. The first-order chi connectivity index (χ1) is 6.41. The van der Waals surface area contributed by atoms with Crippen molar-refractivity contribution < 1.29 is 19.8 Å². The Bertz CT molecular complexity index is 262. The Morgan fingerprint density at radius 1 is 1.64 bits per heavy atom. The molecule has 0 saturated carbocycles. The molecule has 1 saturated heterocycles. The van der Waals surface area contributed by atoms with Gasteiger partial charge in [0.2, 0.25) is 5.91 Å². The van der Waals surface area contributed by atoms with E-state index in [1.165, 1.54) is 4.90 Å². The molecule has 2 N–H and O–H groups in total. The summed E-state index contributed by atoms with van der Waals surface area (Å²) in [7, 11) is 0. The van der Waals surface area contributed by atoms with E-state index >= 15 is 0 Å². The number of aliphatic hydroxyl groups is 1. The summed E-state index contributed by atoms with van der Waals surface area (Å²) in [5, 5.41) is 17.7. The van der Waals surface area contributed by atoms with E-state index in [2.05, 4.69) is 0 Å². The summed E-state index contributed by atoms with van der Waals surface area (Å²) in [4.78, 5) is 23.8. The van der Waals surface area contributed by atoms with Gasteiger partial charge in [-0.1, -0.05) is 0 Å². The molecule has 1 aliphatic heterocycles. The first-order valence-corrected chi connectivity index (χ1v) is 4.55. The van der Waals surface area contributed by atoms with Gasteiger partial charge in [-0.2, -0.15) is 0 Å². The van der Waals surface area contributed by atoms with Crippen LogP contribution < -0.4 is 0 Å². The van der Waals surface area contributed by atoms with Crippen molar-refractivity contribution in [1.82, 2.24) is 4.90 Å². The average Bonchev–Trinajstić information content (AvgIpc) is 2.28. The van der Waals surface area contributed by atoms with Crippen molar-refractivity contribution in [3.63, 3.8) is 0 Å². The molecular weight excluding hydrogens is 186 g/mol. The number of carboxylic acid groups (broad SMARTS) is 1. The second kappa shape index (κ2) is 3.57. The monoisotopic (exact) mass is 201 g/mol. The van der Waals surface area contributed by atoms with Gasteiger partial charge in [0, 0.05) is 13.0 Å². The number of carbonyl (C=O) groups is 2. The van der Waals surface area contributed by atoms with Crippen molar-refractivity contribution in [3.8, 4) is 0 Å². The van der Waals surface area contributed by atoms with E-state index in [1.807, 2.05) is 0 Å². The van der Waals surface area contributed by atoms with Crippen molar-refractivity contribution in [2.24, 2.45) is 5.92 Å². The van der Waals surface area contributed by atoms with Gasteiger partial charge >= 0.3 is 5.97 Å². The lowest BCUT2D eigenvalue weighted by Gasteiger charge is -2.33. The van der Waals surface area contributed by atoms with Crippen LogP contribution in [0.3, 0.4) is 0 Å². The normalized spacial score (nSPS) is 25.5. The summed E-state index contributed by atoms with van der Waals surface area (Å²) in [5.41, 5.74) is -0.703. The highest BCUT2D eigenvalue weighted by molar-refractivity contribution is 5.88. The molecule has 0 bridgehead atoms. The fourth-order valence-corrected chi connectivity index (χ4v) is 1.95. The van der Waals surface area contributed by atoms with Gasteiger partial charge in [-0.25, -0.2) is 0 Å². The molecule has 1 rings (SSSR count). The second-order valence-electron chi connectivity index (χ2n) is 4.02. The fraction of sp³-hybridized carbons (Fsp3) is 0.778. The molecular formula is C9H15NO4. The van der Waals surface area contributed by atoms with Crippen molar-refractivity contribution in [1.29, 1.82) is 0 Å². The predicted octanol–water partition coefficient (Wildman–Crippen LogP) is -0.310. The van der Waals surface area contributed by atoms with Crippen LogP contribution in [0.4, 0.5) is 0 Å². The molecule has 0 aromatic rings. The van der Waals surface area contributed by atoms with Crippen LogP contribution in [0.5, 0.6) is 0 Å². The third kappa shape index (κ3) is 1.59. The van der Waals surface area contributed by atoms with Crippen LogP contribution in [0.25, 0.3) is 0 Å². The summed E-state index contributed by atoms with van der Waals surface area (Å²) in [5.74, 6) is -1.83. The molecule has 5 nitrogen and oxygen atoms in total. The first-order valence-electron chi connectivity index (χ1n) is 4.55. The van der Waals surface area contributed by atoms with Crippen LogP contribution in [0.2, 0.25) is 0 Å². The zero-order valence-corrected chi connectivity index (χ0v) is 8.36. The standard InChI is InChI=1S/C9H15NO4/c1-9(2)6(8(13)14)5-7(12)10(9)3-4-11/h6,11H,3-5H2,1-2H3,(H,13,14)/t6-/m0/s1. The third-order valence-electron chi connectivity index (χ3n) is 2.85. The minimum atomic E-state index is -0.955. The Morgan fingerprint density at radius 2 is 2.21 bits per heavy atom. The number of carbonyl (C=O) groups excluding carboxylic acids is 1. The highest BCUT2D eigenvalue weighted by Crippen LogP contribution is 2.35. The Kier molecular flexibility index (Phi) is 2.80. The number of aliphatic carboxylic acids is 1. The van der Waals surface area contributed by atoms with E-state index in [1.54, 1.807) is 13.8 Å². The number of carboxylic acids is 1. The average molecular weight is 201 g/mol. The molecule has 80 valence electrons. The van der Waals surface area contributed by atoms with Gasteiger partial charge in [0.25, 0.3) is 0 Å². The highest BCUT2D eigenvalue weighted by atomic mass is 16.4. The molecule has 0 unspecified atom stereocenters. The van der Waals surface area contributed by atoms with E-state index in [0.717, 1.165) is 0 Å². The molecule has 1 amide bonds. The van der Waals surface area contributed by atoms with Gasteiger partial charge < -0.3 is 15.1 Å². The largest absolute Gasteiger partial charge is 0.481 e. The highest BCUT2D eigenvalue weighted by Gasteiger charge is 2.49. The van der Waals surface area contributed by atoms with Gasteiger partial charge in [0.05, 0.1) is 18.1 Å². The molecule has 0 spiro atoms. The minimum absolute atomic E-state index is 0.0301. The number of hydrogen-bond acceptors (Lipinski definition) is 3. The van der Waals surface area contributed by atoms with E-state index < -0.39 is 17.4 Å². The smallest absolute Gasteiger partial charge is 0.309 e. The molecule has 1 atom stereocenters. The van der Waals surface area contributed by atoms with Gasteiger partial charge in [0.1, 0.15) is 0 Å². The van der Waals surface area contributed by atoms with E-state index in [-0.39, 0.29) is 25.5 Å². The maximum Gasteiger partial charge on any atom is 0.309 e. The summed E-state index contributed by atoms with van der Waals surface area (Å²) in [6.07, 6.45) is 0.0301. The summed E-state index contributed by atoms with van der Waals surface area (Å²) < 4.78 is 0. The van der Waals surface area contributed by atoms with Gasteiger partial charge in [-0.05, 0) is 13.8 Å². The molecule has 0 aliphatic carbocycles. The van der Waals surface area contributed by atoms with Crippen LogP contribution in [-0.2, 0) is 9.59 Å². The number of nitrogens with zero attached hydrogens (tertiary/aromatic N) is 1. The topological polar surface area (TPSA) is 77.8 Å². The number of aliphatic hydroxyl groups excluding tert-OH is 1. The maximum absolute atomic E-state index is 11.4. The lowest BCUT2D eigenvalue weighted by atomic mass is 9.88. The van der Waals surface area contributed by atoms with Crippen molar-refractivity contribution in [3.05, 3.63) is 0 Å². The van der Waals surface area contributed by atoms with Crippen molar-refractivity contribution in [2.45, 2.75) is 25.8 Å². The zero-order chi connectivity index (χ0) is 10.9. The fourth-order valence-electron chi connectivity index (χ4n) is 1.95. The van der Waals surface area contributed by atoms with E-state index in [4.69, 9.17) is 10.2 Å². The number of likely N-dealkylation sites (tertiary alicyclic amines) is 1. The number of β-amino-alcohol motifs (C(OH)–C–C–N with tert-alkyl or cyclic N) is 1. The Balaban J connectivity index is 2.89. The predicted molar refractivity (Wildman–Crippen MR) is 48.6 cm³/mol. The molecule has 0 radical (unpaired) electrons. The summed E-state index contributed by atoms with van der Waals surface area (Å²) in [6, 6.07) is 0. The summed E-state index contributed by atoms with van der Waals surface area (Å²) >= 11 is 0. The molecule has 0 aromatic carbocycles. The minimum Gasteiger partial charge on any atom is -0.481 e. The van der Waals surface area contributed by atoms with E-state index in [0.29, 0.717) is 0 Å². The SMILES string of the molecule is CC1(C)[C@H](C(=O)O)CC(=O)N1CCO. The van der Waals surface area contributed by atoms with E-state index in [9.17, 15) is 9.59 Å². The Labute approximate surface area is 82.3 Å². The molecule has 5 heteroatoms. The first kappa shape index (κ1) is 11.0. The maximum atomic E-state index is 11.4. The third-order valence-corrected chi connectivity index (χ3v) is 2.85. The van der Waals surface area contributed by atoms with Crippen molar-refractivity contribution >= 4 is 11.9 Å². The van der Waals surface area contributed by atoms with Gasteiger partial charge in [0.15, 0.2) is 0 Å². The lowest BCUT2D eigenvalue weighted by molar-refractivity contribution is -0.144. The Morgan fingerprint density at radius 3 is 2.57 bits per heavy atom.